The molecule has 0 nitrogen and oxygen atoms in total. The smallest absolute Gasteiger partial charge is 0.218 e. The molecule has 0 amide bonds. The molecule has 0 N–H and O–H groups in total. The first-order chi connectivity index (χ1) is 11.1. The number of rotatable bonds is 1. The maximum atomic E-state index is 14.7. The summed E-state index contributed by atoms with van der Waals surface area (Å²) in [4.78, 5) is 0. The van der Waals surface area contributed by atoms with E-state index in [1.165, 1.54) is 18.2 Å². The molecular weight excluding hydrogens is 349 g/mol. The van der Waals surface area contributed by atoms with Crippen molar-refractivity contribution >= 4 is 10.8 Å². The van der Waals surface area contributed by atoms with Gasteiger partial charge >= 0.3 is 18.0 Å². The van der Waals surface area contributed by atoms with Crippen LogP contribution in [0.25, 0.3) is 10.8 Å². The largest absolute Gasteiger partial charge is 0.435 e. The number of alkyl halides is 7. The van der Waals surface area contributed by atoms with Crippen LogP contribution in [-0.4, -0.2) is 12.4 Å². The molecule has 0 aliphatic rings. The van der Waals surface area contributed by atoms with Crippen LogP contribution < -0.4 is 0 Å². The van der Waals surface area contributed by atoms with Crippen LogP contribution in [-0.2, 0) is 11.1 Å². The number of hydrogen-bond donors (Lipinski definition) is 0. The second kappa shape index (κ2) is 5.61. The Kier molecular flexibility index (Phi) is 4.38. The third-order valence-corrected chi connectivity index (χ3v) is 4.27. The Balaban J connectivity index is 3.06. The van der Waals surface area contributed by atoms with Gasteiger partial charge in [0, 0.05) is 5.56 Å². The molecule has 7 heteroatoms. The minimum absolute atomic E-state index is 0.167. The molecule has 0 radical (unpaired) electrons. The van der Waals surface area contributed by atoms with Crippen LogP contribution in [0, 0.1) is 6.92 Å². The highest BCUT2D eigenvalue weighted by Gasteiger charge is 2.74. The highest BCUT2D eigenvalue weighted by molar-refractivity contribution is 5.91. The number of hydrogen-bond acceptors (Lipinski definition) is 0. The van der Waals surface area contributed by atoms with E-state index in [1.807, 2.05) is 0 Å². The third-order valence-electron chi connectivity index (χ3n) is 4.27. The van der Waals surface area contributed by atoms with Crippen molar-refractivity contribution in [3.8, 4) is 0 Å². The normalized spacial score (nSPS) is 14.2. The zero-order chi connectivity index (χ0) is 19.4. The summed E-state index contributed by atoms with van der Waals surface area (Å²) in [6, 6.07) is 5.97. The number of aryl methyl sites for hydroxylation is 1. The van der Waals surface area contributed by atoms with Crippen LogP contribution in [0.2, 0.25) is 0 Å². The molecule has 2 rings (SSSR count). The molecule has 0 fully saturated rings. The SMILES string of the molecule is Cc1c(C(C)(C)C)cc(C(F)(C(F)(F)F)C(F)(F)F)c2ccccc12. The summed E-state index contributed by atoms with van der Waals surface area (Å²) in [6.07, 6.45) is -12.3. The molecule has 0 atom stereocenters. The fraction of sp³-hybridized carbons (Fsp3) is 0.444. The molecule has 138 valence electrons. The first-order valence-corrected chi connectivity index (χ1v) is 7.48. The van der Waals surface area contributed by atoms with Crippen LogP contribution in [0.4, 0.5) is 30.7 Å². The molecule has 0 unspecified atom stereocenters. The topological polar surface area (TPSA) is 0 Å². The molecule has 0 saturated carbocycles. The second-order valence-corrected chi connectivity index (χ2v) is 7.05. The highest BCUT2D eigenvalue weighted by Crippen LogP contribution is 2.55. The molecule has 2 aromatic carbocycles. The number of fused-ring (bicyclic) bond motifs is 1. The van der Waals surface area contributed by atoms with E-state index >= 15 is 0 Å². The van der Waals surface area contributed by atoms with E-state index in [-0.39, 0.29) is 10.9 Å². The summed E-state index contributed by atoms with van der Waals surface area (Å²) >= 11 is 0. The maximum Gasteiger partial charge on any atom is 0.435 e. The number of benzene rings is 2. The van der Waals surface area contributed by atoms with Crippen molar-refractivity contribution in [2.45, 2.75) is 51.1 Å². The Morgan fingerprint density at radius 2 is 1.12 bits per heavy atom. The van der Waals surface area contributed by atoms with Gasteiger partial charge in [-0.2, -0.15) is 26.3 Å². The van der Waals surface area contributed by atoms with Gasteiger partial charge in [0.1, 0.15) is 0 Å². The summed E-state index contributed by atoms with van der Waals surface area (Å²) in [5.41, 5.74) is -6.87. The lowest BCUT2D eigenvalue weighted by Crippen LogP contribution is -2.50. The fourth-order valence-electron chi connectivity index (χ4n) is 3.05. The van der Waals surface area contributed by atoms with Gasteiger partial charge in [-0.3, -0.25) is 0 Å². The summed E-state index contributed by atoms with van der Waals surface area (Å²) in [5, 5.41) is -0.231. The van der Waals surface area contributed by atoms with Crippen molar-refractivity contribution in [3.05, 3.63) is 47.0 Å². The van der Waals surface area contributed by atoms with Gasteiger partial charge < -0.3 is 0 Å². The van der Waals surface area contributed by atoms with E-state index in [9.17, 15) is 30.7 Å². The molecule has 0 bridgehead atoms. The standard InChI is InChI=1S/C18H17F7/c1-10-11-7-5-6-8-12(11)14(9-13(10)15(2,3)4)16(19,17(20,21)22)18(23,24)25/h5-9H,1-4H3. The summed E-state index contributed by atoms with van der Waals surface area (Å²) in [6.45, 7) is 6.55. The molecule has 0 spiro atoms. The molecule has 0 aromatic heterocycles. The Labute approximate surface area is 140 Å². The number of halogens is 7. The molecule has 0 aliphatic carbocycles. The predicted octanol–water partition coefficient (Wildman–Crippen LogP) is 6.74. The first kappa shape index (κ1) is 19.5. The van der Waals surface area contributed by atoms with Crippen LogP contribution in [0.5, 0.6) is 0 Å². The second-order valence-electron chi connectivity index (χ2n) is 7.05. The van der Waals surface area contributed by atoms with Gasteiger partial charge in [0.05, 0.1) is 0 Å². The summed E-state index contributed by atoms with van der Waals surface area (Å²) in [7, 11) is 0. The van der Waals surface area contributed by atoms with Crippen LogP contribution in [0.1, 0.15) is 37.5 Å². The molecule has 0 saturated heterocycles. The zero-order valence-electron chi connectivity index (χ0n) is 14.0. The minimum Gasteiger partial charge on any atom is -0.218 e. The zero-order valence-corrected chi connectivity index (χ0v) is 14.0. The predicted molar refractivity (Wildman–Crippen MR) is 82.3 cm³/mol. The van der Waals surface area contributed by atoms with Gasteiger partial charge in [-0.1, -0.05) is 51.1 Å². The van der Waals surface area contributed by atoms with E-state index in [0.29, 0.717) is 11.6 Å². The van der Waals surface area contributed by atoms with E-state index in [4.69, 9.17) is 0 Å². The fourth-order valence-corrected chi connectivity index (χ4v) is 3.05. The quantitative estimate of drug-likeness (QED) is 0.491. The third kappa shape index (κ3) is 2.98. The molecular formula is C18H17F7. The maximum absolute atomic E-state index is 14.7. The van der Waals surface area contributed by atoms with Crippen molar-refractivity contribution in [2.75, 3.05) is 0 Å². The van der Waals surface area contributed by atoms with Crippen LogP contribution >= 0.6 is 0 Å². The minimum atomic E-state index is -6.14. The summed E-state index contributed by atoms with van der Waals surface area (Å²) < 4.78 is 94.2. The lowest BCUT2D eigenvalue weighted by molar-refractivity contribution is -0.348. The van der Waals surface area contributed by atoms with Gasteiger partial charge in [0.25, 0.3) is 0 Å². The van der Waals surface area contributed by atoms with Crippen molar-refractivity contribution < 1.29 is 30.7 Å². The lowest BCUT2D eigenvalue weighted by atomic mass is 9.78. The van der Waals surface area contributed by atoms with Gasteiger partial charge in [-0.25, -0.2) is 4.39 Å². The van der Waals surface area contributed by atoms with Crippen LogP contribution in [0.15, 0.2) is 30.3 Å². The highest BCUT2D eigenvalue weighted by atomic mass is 19.4. The Hall–Kier alpha value is -1.79. The Morgan fingerprint density at radius 1 is 0.680 bits per heavy atom. The van der Waals surface area contributed by atoms with Gasteiger partial charge in [0.15, 0.2) is 0 Å². The van der Waals surface area contributed by atoms with Gasteiger partial charge in [-0.05, 0) is 34.2 Å². The Bertz CT molecular complexity index is 778. The van der Waals surface area contributed by atoms with E-state index in [1.54, 1.807) is 27.7 Å². The lowest BCUT2D eigenvalue weighted by Gasteiger charge is -2.33. The first-order valence-electron chi connectivity index (χ1n) is 7.48. The summed E-state index contributed by atoms with van der Waals surface area (Å²) in [5.74, 6) is 0. The van der Waals surface area contributed by atoms with Gasteiger partial charge in [0.2, 0.25) is 0 Å². The van der Waals surface area contributed by atoms with Crippen LogP contribution in [0.3, 0.4) is 0 Å². The van der Waals surface area contributed by atoms with Gasteiger partial charge in [-0.15, -0.1) is 0 Å². The van der Waals surface area contributed by atoms with E-state index in [2.05, 4.69) is 0 Å². The molecule has 2 aromatic rings. The molecule has 25 heavy (non-hydrogen) atoms. The Morgan fingerprint density at radius 3 is 1.52 bits per heavy atom. The van der Waals surface area contributed by atoms with Crippen molar-refractivity contribution in [2.24, 2.45) is 0 Å². The monoisotopic (exact) mass is 366 g/mol. The molecule has 0 heterocycles. The average Bonchev–Trinajstić information content (AvgIpc) is 2.43. The van der Waals surface area contributed by atoms with Crippen molar-refractivity contribution in [3.63, 3.8) is 0 Å². The van der Waals surface area contributed by atoms with Crippen molar-refractivity contribution in [1.82, 2.24) is 0 Å². The van der Waals surface area contributed by atoms with E-state index < -0.39 is 34.4 Å². The molecule has 0 aliphatic heterocycles. The van der Waals surface area contributed by atoms with Crippen molar-refractivity contribution in [1.29, 1.82) is 0 Å². The average molecular weight is 366 g/mol. The van der Waals surface area contributed by atoms with E-state index in [0.717, 1.165) is 6.07 Å².